The lowest BCUT2D eigenvalue weighted by Crippen LogP contribution is -2.67. The van der Waals surface area contributed by atoms with Gasteiger partial charge in [0, 0.05) is 57.7 Å². The number of halogens is 2. The van der Waals surface area contributed by atoms with Crippen LogP contribution in [0.1, 0.15) is 51.5 Å². The molecule has 3 aromatic carbocycles. The van der Waals surface area contributed by atoms with Crippen LogP contribution in [-0.4, -0.2) is 60.3 Å². The van der Waals surface area contributed by atoms with Crippen LogP contribution in [0.5, 0.6) is 5.75 Å². The second kappa shape index (κ2) is 14.1. The third-order valence-corrected chi connectivity index (χ3v) is 17.0. The summed E-state index contributed by atoms with van der Waals surface area (Å²) in [5, 5.41) is 3.37. The maximum absolute atomic E-state index is 13.5. The van der Waals surface area contributed by atoms with Crippen molar-refractivity contribution >= 4 is 55.9 Å². The van der Waals surface area contributed by atoms with Crippen LogP contribution < -0.4 is 15.1 Å². The molecular weight excluding hydrogens is 649 g/mol. The molecule has 2 aliphatic rings. The van der Waals surface area contributed by atoms with Crippen molar-refractivity contribution in [1.29, 1.82) is 0 Å². The number of ether oxygens (including phenoxy) is 2. The molecule has 1 atom stereocenters. The summed E-state index contributed by atoms with van der Waals surface area (Å²) in [6, 6.07) is 26.2. The fourth-order valence-electron chi connectivity index (χ4n) is 6.67. The molecule has 248 valence electrons. The molecule has 0 N–H and O–H groups in total. The molecule has 0 aromatic heterocycles. The van der Waals surface area contributed by atoms with E-state index in [1.54, 1.807) is 6.07 Å². The Morgan fingerprint density at radius 2 is 1.52 bits per heavy atom. The Bertz CT molecular complexity index is 1450. The normalized spacial score (nSPS) is 18.2. The third kappa shape index (κ3) is 7.93. The zero-order valence-corrected chi connectivity index (χ0v) is 31.7. The molecule has 1 saturated carbocycles. The number of carbonyl (C=O) groups is 1. The van der Waals surface area contributed by atoms with Crippen molar-refractivity contribution in [3.8, 4) is 5.75 Å². The van der Waals surface area contributed by atoms with Crippen molar-refractivity contribution in [1.82, 2.24) is 4.90 Å². The first-order valence-corrected chi connectivity index (χ1v) is 22.8. The lowest BCUT2D eigenvalue weighted by Gasteiger charge is -2.44. The largest absolute Gasteiger partial charge is 0.467 e. The van der Waals surface area contributed by atoms with Crippen molar-refractivity contribution in [2.24, 2.45) is 5.41 Å². The number of amides is 1. The molecule has 9 heteroatoms. The molecule has 1 amide bonds. The van der Waals surface area contributed by atoms with E-state index in [1.807, 2.05) is 11.0 Å². The second-order valence-corrected chi connectivity index (χ2v) is 26.1. The van der Waals surface area contributed by atoms with Gasteiger partial charge in [-0.15, -0.1) is 0 Å². The lowest BCUT2D eigenvalue weighted by atomic mass is 9.97. The van der Waals surface area contributed by atoms with Gasteiger partial charge in [-0.2, -0.15) is 0 Å². The van der Waals surface area contributed by atoms with Gasteiger partial charge in [-0.1, -0.05) is 124 Å². The highest BCUT2D eigenvalue weighted by Gasteiger charge is 2.54. The summed E-state index contributed by atoms with van der Waals surface area (Å²) in [5.74, 6) is 0.664. The Morgan fingerprint density at radius 1 is 0.913 bits per heavy atom. The summed E-state index contributed by atoms with van der Waals surface area (Å²) in [4.78, 5) is 15.5. The third-order valence-electron chi connectivity index (χ3n) is 9.50. The highest BCUT2D eigenvalue weighted by Crippen LogP contribution is 2.50. The Balaban J connectivity index is 1.31. The molecular formula is C37H49Cl2NO4Si2. The van der Waals surface area contributed by atoms with E-state index < -0.39 is 16.4 Å². The first kappa shape index (κ1) is 35.2. The van der Waals surface area contributed by atoms with Crippen LogP contribution >= 0.6 is 23.2 Å². The zero-order valence-electron chi connectivity index (χ0n) is 28.2. The van der Waals surface area contributed by atoms with Crippen LogP contribution in [0.25, 0.3) is 0 Å². The van der Waals surface area contributed by atoms with Crippen molar-refractivity contribution in [2.45, 2.75) is 76.7 Å². The highest BCUT2D eigenvalue weighted by atomic mass is 35.5. The first-order chi connectivity index (χ1) is 21.7. The minimum Gasteiger partial charge on any atom is -0.467 e. The van der Waals surface area contributed by atoms with Gasteiger partial charge in [-0.3, -0.25) is 4.79 Å². The van der Waals surface area contributed by atoms with Gasteiger partial charge >= 0.3 is 0 Å². The van der Waals surface area contributed by atoms with Crippen molar-refractivity contribution in [3.05, 3.63) is 88.4 Å². The van der Waals surface area contributed by atoms with E-state index in [0.29, 0.717) is 48.5 Å². The Labute approximate surface area is 287 Å². The minimum absolute atomic E-state index is 0.0563. The molecule has 2 fully saturated rings. The van der Waals surface area contributed by atoms with Crippen molar-refractivity contribution in [3.63, 3.8) is 0 Å². The van der Waals surface area contributed by atoms with E-state index in [-0.39, 0.29) is 29.1 Å². The van der Waals surface area contributed by atoms with Crippen LogP contribution in [0, 0.1) is 5.41 Å². The van der Waals surface area contributed by atoms with Crippen molar-refractivity contribution in [2.75, 3.05) is 33.1 Å². The first-order valence-electron chi connectivity index (χ1n) is 16.5. The number of likely N-dealkylation sites (tertiary alicyclic amines) is 1. The Kier molecular flexibility index (Phi) is 10.8. The van der Waals surface area contributed by atoms with Crippen LogP contribution in [0.4, 0.5) is 0 Å². The predicted octanol–water partition coefficient (Wildman–Crippen LogP) is 8.36. The number of nitrogens with zero attached hydrogens (tertiary/aromatic N) is 1. The smallest absolute Gasteiger partial charge is 0.261 e. The molecule has 46 heavy (non-hydrogen) atoms. The van der Waals surface area contributed by atoms with Gasteiger partial charge in [0.05, 0.1) is 10.0 Å². The molecule has 0 spiro atoms. The van der Waals surface area contributed by atoms with Crippen molar-refractivity contribution < 1.29 is 18.7 Å². The number of hydrogen-bond donors (Lipinski definition) is 0. The summed E-state index contributed by atoms with van der Waals surface area (Å²) in [6.07, 6.45) is 2.46. The Hall–Kier alpha value is -2.14. The van der Waals surface area contributed by atoms with Gasteiger partial charge in [-0.05, 0) is 46.4 Å². The van der Waals surface area contributed by atoms with Gasteiger partial charge in [0.25, 0.3) is 8.32 Å². The molecule has 1 saturated heterocycles. The van der Waals surface area contributed by atoms with Gasteiger partial charge in [-0.25, -0.2) is 0 Å². The summed E-state index contributed by atoms with van der Waals surface area (Å²) in [5.41, 5.74) is 0.742. The molecule has 5 nitrogen and oxygen atoms in total. The Morgan fingerprint density at radius 3 is 2.07 bits per heavy atom. The van der Waals surface area contributed by atoms with Gasteiger partial charge in [0.2, 0.25) is 5.91 Å². The van der Waals surface area contributed by atoms with E-state index in [9.17, 15) is 4.79 Å². The SMILES string of the molecule is CC(C)(C)[Si](OCC1(CN2C[C@@H](c3c(OCOCC[Si](C)(C)C)ccc(Cl)c3Cl)CC2=O)CC1)(c1ccccc1)c1ccccc1. The van der Waals surface area contributed by atoms with Crippen LogP contribution in [0.15, 0.2) is 72.8 Å². The minimum atomic E-state index is -2.67. The van der Waals surface area contributed by atoms with E-state index in [0.717, 1.165) is 24.4 Å². The number of hydrogen-bond acceptors (Lipinski definition) is 4. The van der Waals surface area contributed by atoms with E-state index in [2.05, 4.69) is 101 Å². The standard InChI is InChI=1S/C37H49Cl2NO4Si2/c1-36(2,3)46(29-13-9-7-10-14-29,30-15-11-8-12-16-30)44-26-37(19-20-37)25-40-24-28(23-33(40)41)34-32(18-17-31(38)35(34)39)43-27-42-21-22-45(4,5)6/h7-18,28H,19-27H2,1-6H3/t28-/m0/s1. The van der Waals surface area contributed by atoms with Gasteiger partial charge in [0.15, 0.2) is 6.79 Å². The topological polar surface area (TPSA) is 48.0 Å². The van der Waals surface area contributed by atoms with Gasteiger partial charge < -0.3 is 18.8 Å². The van der Waals surface area contributed by atoms with E-state index >= 15 is 0 Å². The number of benzene rings is 3. The predicted molar refractivity (Wildman–Crippen MR) is 195 cm³/mol. The molecule has 1 aliphatic carbocycles. The molecule has 0 radical (unpaired) electrons. The van der Waals surface area contributed by atoms with E-state index in [1.165, 1.54) is 10.4 Å². The van der Waals surface area contributed by atoms with E-state index in [4.69, 9.17) is 37.1 Å². The fourth-order valence-corrected chi connectivity index (χ4v) is 12.6. The summed E-state index contributed by atoms with van der Waals surface area (Å²) < 4.78 is 19.2. The highest BCUT2D eigenvalue weighted by molar-refractivity contribution is 6.99. The molecule has 0 unspecified atom stereocenters. The second-order valence-electron chi connectivity index (χ2n) is 15.4. The molecule has 0 bridgehead atoms. The van der Waals surface area contributed by atoms with Crippen LogP contribution in [0.2, 0.25) is 40.8 Å². The maximum Gasteiger partial charge on any atom is 0.261 e. The molecule has 1 heterocycles. The van der Waals surface area contributed by atoms with Gasteiger partial charge in [0.1, 0.15) is 5.75 Å². The van der Waals surface area contributed by atoms with Crippen LogP contribution in [0.3, 0.4) is 0 Å². The number of rotatable bonds is 14. The average Bonchev–Trinajstić information content (AvgIpc) is 3.68. The number of carbonyl (C=O) groups excluding carboxylic acids is 1. The maximum atomic E-state index is 13.5. The molecule has 1 aliphatic heterocycles. The molecule has 5 rings (SSSR count). The quantitative estimate of drug-likeness (QED) is 0.0965. The summed E-state index contributed by atoms with van der Waals surface area (Å²) in [6.45, 7) is 16.6. The summed E-state index contributed by atoms with van der Waals surface area (Å²) >= 11 is 13.3. The lowest BCUT2D eigenvalue weighted by molar-refractivity contribution is -0.128. The average molecular weight is 699 g/mol. The summed E-state index contributed by atoms with van der Waals surface area (Å²) in [7, 11) is -3.87. The molecule has 3 aromatic rings. The monoisotopic (exact) mass is 697 g/mol. The fraction of sp³-hybridized carbons (Fsp3) is 0.486. The van der Waals surface area contributed by atoms with Crippen LogP contribution in [-0.2, 0) is 14.0 Å². The zero-order chi connectivity index (χ0) is 33.2.